The van der Waals surface area contributed by atoms with Crippen LogP contribution in [0.1, 0.15) is 48.5 Å². The summed E-state index contributed by atoms with van der Waals surface area (Å²) in [5, 5.41) is 2.58. The number of allylic oxidation sites excluding steroid dienone is 1. The predicted molar refractivity (Wildman–Crippen MR) is 88.6 cm³/mol. The highest BCUT2D eigenvalue weighted by Crippen LogP contribution is 2.47. The molecule has 2 heteroatoms. The van der Waals surface area contributed by atoms with E-state index in [0.29, 0.717) is 11.5 Å². The van der Waals surface area contributed by atoms with Crippen molar-refractivity contribution in [2.45, 2.75) is 31.8 Å². The lowest BCUT2D eigenvalue weighted by atomic mass is 9.75. The second-order valence-corrected chi connectivity index (χ2v) is 6.23. The highest BCUT2D eigenvalue weighted by molar-refractivity contribution is 5.97. The molecule has 0 fully saturated rings. The van der Waals surface area contributed by atoms with Gasteiger partial charge in [0.05, 0.1) is 0 Å². The molecule has 0 aliphatic heterocycles. The van der Waals surface area contributed by atoms with Gasteiger partial charge in [0.1, 0.15) is 6.10 Å². The summed E-state index contributed by atoms with van der Waals surface area (Å²) in [6.07, 6.45) is 6.25. The van der Waals surface area contributed by atoms with Crippen molar-refractivity contribution < 1.29 is 9.53 Å². The Hall–Kier alpha value is -2.35. The van der Waals surface area contributed by atoms with Gasteiger partial charge in [0.25, 0.3) is 0 Å². The van der Waals surface area contributed by atoms with Crippen molar-refractivity contribution in [1.29, 1.82) is 0 Å². The number of carbonyl (C=O) groups excluding carboxylic acids is 1. The Balaban J connectivity index is 1.87. The van der Waals surface area contributed by atoms with E-state index >= 15 is 0 Å². The third-order valence-corrected chi connectivity index (χ3v) is 4.72. The summed E-state index contributed by atoms with van der Waals surface area (Å²) >= 11 is 0. The highest BCUT2D eigenvalue weighted by atomic mass is 16.5. The molecule has 0 heterocycles. The SMILES string of the molecule is C=C(C)C(=O)OC1CCC2C=Cc3cccc4ccc1c2c34. The molecule has 2 aliphatic rings. The maximum atomic E-state index is 11.9. The van der Waals surface area contributed by atoms with Crippen molar-refractivity contribution >= 4 is 22.8 Å². The topological polar surface area (TPSA) is 26.3 Å². The van der Waals surface area contributed by atoms with Crippen molar-refractivity contribution in [3.63, 3.8) is 0 Å². The molecule has 0 aromatic heterocycles. The third-order valence-electron chi connectivity index (χ3n) is 4.72. The summed E-state index contributed by atoms with van der Waals surface area (Å²) in [7, 11) is 0. The van der Waals surface area contributed by atoms with Crippen molar-refractivity contribution in [2.75, 3.05) is 0 Å². The van der Waals surface area contributed by atoms with E-state index in [1.165, 1.54) is 21.9 Å². The van der Waals surface area contributed by atoms with E-state index in [-0.39, 0.29) is 12.1 Å². The molecule has 0 radical (unpaired) electrons. The number of hydrogen-bond donors (Lipinski definition) is 0. The number of ether oxygens (including phenoxy) is 1. The summed E-state index contributed by atoms with van der Waals surface area (Å²) in [6, 6.07) is 10.7. The van der Waals surface area contributed by atoms with Crippen LogP contribution in [0.4, 0.5) is 0 Å². The van der Waals surface area contributed by atoms with Gasteiger partial charge >= 0.3 is 5.97 Å². The van der Waals surface area contributed by atoms with E-state index in [9.17, 15) is 4.79 Å². The first-order valence-corrected chi connectivity index (χ1v) is 7.75. The molecule has 0 saturated carbocycles. The molecule has 0 N–H and O–H groups in total. The van der Waals surface area contributed by atoms with Crippen LogP contribution in [0.2, 0.25) is 0 Å². The fourth-order valence-corrected chi connectivity index (χ4v) is 3.67. The van der Waals surface area contributed by atoms with Gasteiger partial charge in [0, 0.05) is 11.5 Å². The average molecular weight is 290 g/mol. The minimum absolute atomic E-state index is 0.153. The van der Waals surface area contributed by atoms with Gasteiger partial charge in [-0.05, 0) is 47.2 Å². The van der Waals surface area contributed by atoms with E-state index in [1.807, 2.05) is 0 Å². The Labute approximate surface area is 130 Å². The smallest absolute Gasteiger partial charge is 0.333 e. The zero-order chi connectivity index (χ0) is 15.3. The van der Waals surface area contributed by atoms with Crippen LogP contribution in [-0.4, -0.2) is 5.97 Å². The number of esters is 1. The molecule has 4 rings (SSSR count). The molecule has 2 aromatic carbocycles. The van der Waals surface area contributed by atoms with Crippen LogP contribution in [0.25, 0.3) is 16.8 Å². The first kappa shape index (κ1) is 13.3. The Bertz CT molecular complexity index is 829. The fourth-order valence-electron chi connectivity index (χ4n) is 3.67. The van der Waals surface area contributed by atoms with Crippen LogP contribution < -0.4 is 0 Å². The Morgan fingerprint density at radius 3 is 2.91 bits per heavy atom. The lowest BCUT2D eigenvalue weighted by molar-refractivity contribution is -0.145. The second-order valence-electron chi connectivity index (χ2n) is 6.23. The molecular formula is C20H18O2. The molecule has 2 nitrogen and oxygen atoms in total. The van der Waals surface area contributed by atoms with Crippen LogP contribution in [0.5, 0.6) is 0 Å². The van der Waals surface area contributed by atoms with Gasteiger partial charge < -0.3 is 4.74 Å². The molecule has 0 bridgehead atoms. The summed E-state index contributed by atoms with van der Waals surface area (Å²) in [5.41, 5.74) is 4.23. The summed E-state index contributed by atoms with van der Waals surface area (Å²) in [5.74, 6) is 0.142. The molecule has 2 unspecified atom stereocenters. The Morgan fingerprint density at radius 1 is 1.23 bits per heavy atom. The van der Waals surface area contributed by atoms with Crippen LogP contribution in [0.3, 0.4) is 0 Å². The molecule has 22 heavy (non-hydrogen) atoms. The first-order valence-electron chi connectivity index (χ1n) is 7.75. The van der Waals surface area contributed by atoms with Crippen molar-refractivity contribution in [2.24, 2.45) is 0 Å². The number of carbonyl (C=O) groups is 1. The monoisotopic (exact) mass is 290 g/mol. The first-order chi connectivity index (χ1) is 10.6. The zero-order valence-corrected chi connectivity index (χ0v) is 12.6. The maximum Gasteiger partial charge on any atom is 0.333 e. The minimum atomic E-state index is -0.296. The quantitative estimate of drug-likeness (QED) is 0.580. The molecule has 2 aromatic rings. The van der Waals surface area contributed by atoms with Gasteiger partial charge in [-0.25, -0.2) is 4.79 Å². The number of hydrogen-bond acceptors (Lipinski definition) is 2. The van der Waals surface area contributed by atoms with Gasteiger partial charge in [-0.1, -0.05) is 49.1 Å². The average Bonchev–Trinajstić information content (AvgIpc) is 2.53. The molecule has 0 amide bonds. The highest BCUT2D eigenvalue weighted by Gasteiger charge is 2.31. The maximum absolute atomic E-state index is 11.9. The molecule has 110 valence electrons. The van der Waals surface area contributed by atoms with Crippen molar-refractivity contribution in [3.05, 3.63) is 65.3 Å². The van der Waals surface area contributed by atoms with Gasteiger partial charge in [-0.3, -0.25) is 0 Å². The number of benzene rings is 2. The van der Waals surface area contributed by atoms with Crippen molar-refractivity contribution in [3.8, 4) is 0 Å². The second kappa shape index (κ2) is 4.84. The summed E-state index contributed by atoms with van der Waals surface area (Å²) in [6.45, 7) is 5.37. The van der Waals surface area contributed by atoms with E-state index in [4.69, 9.17) is 4.74 Å². The lowest BCUT2D eigenvalue weighted by Crippen LogP contribution is -2.20. The van der Waals surface area contributed by atoms with Gasteiger partial charge in [0.2, 0.25) is 0 Å². The molecular weight excluding hydrogens is 272 g/mol. The van der Waals surface area contributed by atoms with E-state index < -0.39 is 0 Å². The van der Waals surface area contributed by atoms with Gasteiger partial charge in [-0.15, -0.1) is 0 Å². The number of rotatable bonds is 2. The van der Waals surface area contributed by atoms with E-state index in [0.717, 1.165) is 18.4 Å². The van der Waals surface area contributed by atoms with E-state index in [2.05, 4.69) is 49.1 Å². The fraction of sp³-hybridized carbons (Fsp3) is 0.250. The van der Waals surface area contributed by atoms with Crippen molar-refractivity contribution in [1.82, 2.24) is 0 Å². The van der Waals surface area contributed by atoms with Crippen LogP contribution in [0.15, 0.2) is 48.6 Å². The van der Waals surface area contributed by atoms with Crippen LogP contribution in [-0.2, 0) is 9.53 Å². The summed E-state index contributed by atoms with van der Waals surface area (Å²) < 4.78 is 5.68. The minimum Gasteiger partial charge on any atom is -0.454 e. The van der Waals surface area contributed by atoms with E-state index in [1.54, 1.807) is 6.92 Å². The molecule has 2 atom stereocenters. The van der Waals surface area contributed by atoms with Crippen LogP contribution >= 0.6 is 0 Å². The Morgan fingerprint density at radius 2 is 2.09 bits per heavy atom. The Kier molecular flexibility index (Phi) is 2.93. The summed E-state index contributed by atoms with van der Waals surface area (Å²) in [4.78, 5) is 11.9. The lowest BCUT2D eigenvalue weighted by Gasteiger charge is -2.33. The molecule has 0 spiro atoms. The van der Waals surface area contributed by atoms with Gasteiger partial charge in [0.15, 0.2) is 0 Å². The zero-order valence-electron chi connectivity index (χ0n) is 12.6. The third kappa shape index (κ3) is 1.91. The molecule has 2 aliphatic carbocycles. The van der Waals surface area contributed by atoms with Gasteiger partial charge in [-0.2, -0.15) is 0 Å². The predicted octanol–water partition coefficient (Wildman–Crippen LogP) is 4.90. The normalized spacial score (nSPS) is 21.7. The molecule has 0 saturated heterocycles. The van der Waals surface area contributed by atoms with Crippen LogP contribution in [0, 0.1) is 0 Å². The standard InChI is InChI=1S/C20H18O2/c1-12(2)20(21)22-17-11-9-15-7-6-13-4-3-5-14-8-10-16(17)19(15)18(13)14/h3-8,10,15,17H,1,9,11H2,2H3. The largest absolute Gasteiger partial charge is 0.454 e.